The molecule has 1 heterocycles. The van der Waals surface area contributed by atoms with Crippen molar-refractivity contribution in [2.45, 2.75) is 44.6 Å². The summed E-state index contributed by atoms with van der Waals surface area (Å²) in [6.07, 6.45) is 5.64. The van der Waals surface area contributed by atoms with E-state index in [9.17, 15) is 13.6 Å². The molecule has 1 aromatic carbocycles. The summed E-state index contributed by atoms with van der Waals surface area (Å²) < 4.78 is 32.8. The SMILES string of the molecule is O=C(COC1CCCC1)N1CCCc2c(F)cc(F)cc21. The predicted molar refractivity (Wildman–Crippen MR) is 75.2 cm³/mol. The van der Waals surface area contributed by atoms with Gasteiger partial charge in [0.1, 0.15) is 18.2 Å². The standard InChI is InChI=1S/C16H19F2NO2/c17-11-8-14(18)13-6-3-7-19(15(13)9-11)16(20)10-21-12-4-1-2-5-12/h8-9,12H,1-7,10H2. The van der Waals surface area contributed by atoms with Crippen molar-refractivity contribution in [3.63, 3.8) is 0 Å². The topological polar surface area (TPSA) is 29.5 Å². The number of carbonyl (C=O) groups is 1. The molecule has 3 rings (SSSR count). The van der Waals surface area contributed by atoms with Crippen LogP contribution in [0.15, 0.2) is 12.1 Å². The maximum atomic E-state index is 13.8. The van der Waals surface area contributed by atoms with Crippen LogP contribution in [0.3, 0.4) is 0 Å². The Bertz CT molecular complexity index is 541. The summed E-state index contributed by atoms with van der Waals surface area (Å²) in [5.41, 5.74) is 0.788. The monoisotopic (exact) mass is 295 g/mol. The van der Waals surface area contributed by atoms with E-state index >= 15 is 0 Å². The highest BCUT2D eigenvalue weighted by atomic mass is 19.1. The Labute approximate surface area is 122 Å². The number of amides is 1. The molecular formula is C16H19F2NO2. The summed E-state index contributed by atoms with van der Waals surface area (Å²) >= 11 is 0. The molecular weight excluding hydrogens is 276 g/mol. The number of nitrogens with zero attached hydrogens (tertiary/aromatic N) is 1. The molecule has 1 saturated carbocycles. The van der Waals surface area contributed by atoms with Crippen LogP contribution in [0.5, 0.6) is 0 Å². The van der Waals surface area contributed by atoms with E-state index in [-0.39, 0.29) is 18.6 Å². The Balaban J connectivity index is 1.73. The van der Waals surface area contributed by atoms with Gasteiger partial charge in [-0.3, -0.25) is 4.79 Å². The lowest BCUT2D eigenvalue weighted by molar-refractivity contribution is -0.125. The van der Waals surface area contributed by atoms with Crippen molar-refractivity contribution in [1.82, 2.24) is 0 Å². The summed E-state index contributed by atoms with van der Waals surface area (Å²) in [5.74, 6) is -1.44. The molecule has 21 heavy (non-hydrogen) atoms. The average molecular weight is 295 g/mol. The highest BCUT2D eigenvalue weighted by molar-refractivity contribution is 5.95. The number of fused-ring (bicyclic) bond motifs is 1. The minimum Gasteiger partial charge on any atom is -0.368 e. The number of rotatable bonds is 3. The van der Waals surface area contributed by atoms with Gasteiger partial charge in [0.2, 0.25) is 0 Å². The molecule has 0 spiro atoms. The molecule has 0 atom stereocenters. The first-order valence-corrected chi connectivity index (χ1v) is 7.55. The average Bonchev–Trinajstić information content (AvgIpc) is 2.97. The molecule has 5 heteroatoms. The summed E-state index contributed by atoms with van der Waals surface area (Å²) in [6.45, 7) is 0.477. The highest BCUT2D eigenvalue weighted by Crippen LogP contribution is 2.30. The van der Waals surface area contributed by atoms with Gasteiger partial charge < -0.3 is 9.64 Å². The van der Waals surface area contributed by atoms with Crippen molar-refractivity contribution in [3.8, 4) is 0 Å². The minimum absolute atomic E-state index is 0.0117. The van der Waals surface area contributed by atoms with E-state index in [0.29, 0.717) is 30.6 Å². The Kier molecular flexibility index (Phi) is 4.19. The van der Waals surface area contributed by atoms with Crippen LogP contribution < -0.4 is 4.90 Å². The maximum Gasteiger partial charge on any atom is 0.252 e. The first-order valence-electron chi connectivity index (χ1n) is 7.55. The zero-order valence-electron chi connectivity index (χ0n) is 11.9. The van der Waals surface area contributed by atoms with Gasteiger partial charge in [0.15, 0.2) is 0 Å². The first-order chi connectivity index (χ1) is 10.1. The van der Waals surface area contributed by atoms with Gasteiger partial charge in [0.05, 0.1) is 11.8 Å². The smallest absolute Gasteiger partial charge is 0.252 e. The van der Waals surface area contributed by atoms with E-state index < -0.39 is 11.6 Å². The van der Waals surface area contributed by atoms with Gasteiger partial charge in [-0.1, -0.05) is 12.8 Å². The maximum absolute atomic E-state index is 13.8. The number of hydrogen-bond acceptors (Lipinski definition) is 2. The third kappa shape index (κ3) is 3.07. The fraction of sp³-hybridized carbons (Fsp3) is 0.562. The van der Waals surface area contributed by atoms with Gasteiger partial charge in [0, 0.05) is 18.2 Å². The second-order valence-electron chi connectivity index (χ2n) is 5.75. The summed E-state index contributed by atoms with van der Waals surface area (Å²) in [5, 5.41) is 0. The summed E-state index contributed by atoms with van der Waals surface area (Å²) in [6, 6.07) is 2.12. The zero-order valence-corrected chi connectivity index (χ0v) is 11.9. The first kappa shape index (κ1) is 14.4. The van der Waals surface area contributed by atoms with Crippen LogP contribution in [0.2, 0.25) is 0 Å². The van der Waals surface area contributed by atoms with Gasteiger partial charge in [0.25, 0.3) is 5.91 Å². The molecule has 1 aliphatic carbocycles. The number of anilines is 1. The normalized spacial score (nSPS) is 18.9. The lowest BCUT2D eigenvalue weighted by atomic mass is 10.0. The Morgan fingerprint density at radius 3 is 2.76 bits per heavy atom. The van der Waals surface area contributed by atoms with E-state index in [0.717, 1.165) is 31.7 Å². The van der Waals surface area contributed by atoms with Crippen molar-refractivity contribution in [2.24, 2.45) is 0 Å². The van der Waals surface area contributed by atoms with Crippen LogP contribution in [0.25, 0.3) is 0 Å². The third-order valence-electron chi connectivity index (χ3n) is 4.28. The number of carbonyl (C=O) groups excluding carboxylic acids is 1. The molecule has 0 N–H and O–H groups in total. The Morgan fingerprint density at radius 2 is 2.00 bits per heavy atom. The molecule has 0 radical (unpaired) electrons. The van der Waals surface area contributed by atoms with Crippen molar-refractivity contribution in [1.29, 1.82) is 0 Å². The molecule has 0 saturated heterocycles. The fourth-order valence-corrected chi connectivity index (χ4v) is 3.19. The minimum atomic E-state index is -0.650. The van der Waals surface area contributed by atoms with Gasteiger partial charge in [-0.05, 0) is 31.7 Å². The fourth-order valence-electron chi connectivity index (χ4n) is 3.19. The van der Waals surface area contributed by atoms with Crippen LogP contribution in [-0.2, 0) is 16.0 Å². The Morgan fingerprint density at radius 1 is 1.24 bits per heavy atom. The van der Waals surface area contributed by atoms with Gasteiger partial charge >= 0.3 is 0 Å². The molecule has 3 nitrogen and oxygen atoms in total. The summed E-state index contributed by atoms with van der Waals surface area (Å²) in [4.78, 5) is 13.8. The van der Waals surface area contributed by atoms with Crippen molar-refractivity contribution in [3.05, 3.63) is 29.3 Å². The zero-order chi connectivity index (χ0) is 14.8. The Hall–Kier alpha value is -1.49. The molecule has 2 aliphatic rings. The highest BCUT2D eigenvalue weighted by Gasteiger charge is 2.26. The lowest BCUT2D eigenvalue weighted by Crippen LogP contribution is -2.39. The molecule has 1 aliphatic heterocycles. The van der Waals surface area contributed by atoms with Crippen LogP contribution in [0.1, 0.15) is 37.7 Å². The van der Waals surface area contributed by atoms with Crippen molar-refractivity contribution >= 4 is 11.6 Å². The second kappa shape index (κ2) is 6.10. The van der Waals surface area contributed by atoms with Gasteiger partial charge in [-0.25, -0.2) is 8.78 Å². The van der Waals surface area contributed by atoms with Crippen LogP contribution >= 0.6 is 0 Å². The molecule has 0 aromatic heterocycles. The van der Waals surface area contributed by atoms with E-state index in [2.05, 4.69) is 0 Å². The predicted octanol–water partition coefficient (Wildman–Crippen LogP) is 3.20. The molecule has 1 fully saturated rings. The molecule has 0 unspecified atom stereocenters. The third-order valence-corrected chi connectivity index (χ3v) is 4.28. The quantitative estimate of drug-likeness (QED) is 0.857. The van der Waals surface area contributed by atoms with Crippen molar-refractivity contribution < 1.29 is 18.3 Å². The molecule has 1 amide bonds. The van der Waals surface area contributed by atoms with E-state index in [1.807, 2.05) is 0 Å². The number of ether oxygens (including phenoxy) is 1. The van der Waals surface area contributed by atoms with Gasteiger partial charge in [-0.15, -0.1) is 0 Å². The second-order valence-corrected chi connectivity index (χ2v) is 5.75. The molecule has 0 bridgehead atoms. The number of halogens is 2. The lowest BCUT2D eigenvalue weighted by Gasteiger charge is -2.30. The van der Waals surface area contributed by atoms with Crippen LogP contribution in [0.4, 0.5) is 14.5 Å². The van der Waals surface area contributed by atoms with E-state index in [1.54, 1.807) is 0 Å². The molecule has 1 aromatic rings. The van der Waals surface area contributed by atoms with E-state index in [4.69, 9.17) is 4.74 Å². The van der Waals surface area contributed by atoms with Crippen molar-refractivity contribution in [2.75, 3.05) is 18.1 Å². The van der Waals surface area contributed by atoms with E-state index in [1.165, 1.54) is 11.0 Å². The largest absolute Gasteiger partial charge is 0.368 e. The van der Waals surface area contributed by atoms with Crippen LogP contribution in [-0.4, -0.2) is 25.2 Å². The van der Waals surface area contributed by atoms with Gasteiger partial charge in [-0.2, -0.15) is 0 Å². The molecule has 114 valence electrons. The summed E-state index contributed by atoms with van der Waals surface area (Å²) in [7, 11) is 0. The number of benzene rings is 1. The number of hydrogen-bond donors (Lipinski definition) is 0. The van der Waals surface area contributed by atoms with Crippen LogP contribution in [0, 0.1) is 11.6 Å².